The highest BCUT2D eigenvalue weighted by Gasteiger charge is 2.22. The molecule has 0 bridgehead atoms. The fraction of sp³-hybridized carbons (Fsp3) is 0.875. The molecular weight excluding hydrogens is 144 g/mol. The highest BCUT2D eigenvalue weighted by Crippen LogP contribution is 2.30. The van der Waals surface area contributed by atoms with E-state index in [9.17, 15) is 4.79 Å². The fourth-order valence-electron chi connectivity index (χ4n) is 1.69. The predicted molar refractivity (Wildman–Crippen MR) is 45.4 cm³/mol. The Kier molecular flexibility index (Phi) is 3.26. The molecular formula is C8H14OS. The molecule has 1 rings (SSSR count). The Balaban J connectivity index is 2.36. The maximum atomic E-state index is 10.5. The molecule has 10 heavy (non-hydrogen) atoms. The molecule has 0 spiro atoms. The minimum Gasteiger partial charge on any atom is -0.303 e. The smallest absolute Gasteiger partial charge is 0.124 e. The molecule has 1 atom stereocenters. The summed E-state index contributed by atoms with van der Waals surface area (Å²) in [7, 11) is 0. The minimum absolute atomic E-state index is 0.228. The van der Waals surface area contributed by atoms with Crippen LogP contribution in [-0.4, -0.2) is 12.0 Å². The lowest BCUT2D eigenvalue weighted by atomic mass is 9.94. The second-order valence-electron chi connectivity index (χ2n) is 3.03. The monoisotopic (exact) mass is 158 g/mol. The molecule has 1 aliphatic rings. The van der Waals surface area contributed by atoms with Crippen LogP contribution >= 0.6 is 12.6 Å². The van der Waals surface area contributed by atoms with Gasteiger partial charge in [0.05, 0.1) is 0 Å². The summed E-state index contributed by atoms with van der Waals surface area (Å²) >= 11 is 4.14. The Morgan fingerprint density at radius 1 is 1.50 bits per heavy atom. The number of hydrogen-bond acceptors (Lipinski definition) is 2. The zero-order chi connectivity index (χ0) is 7.40. The van der Waals surface area contributed by atoms with E-state index in [-0.39, 0.29) is 5.92 Å². The van der Waals surface area contributed by atoms with E-state index in [0.29, 0.717) is 5.92 Å². The molecule has 58 valence electrons. The lowest BCUT2D eigenvalue weighted by molar-refractivity contribution is -0.111. The Hall–Kier alpha value is 0.0200. The molecule has 1 fully saturated rings. The van der Waals surface area contributed by atoms with Gasteiger partial charge in [0, 0.05) is 5.92 Å². The van der Waals surface area contributed by atoms with Gasteiger partial charge in [0.1, 0.15) is 6.29 Å². The summed E-state index contributed by atoms with van der Waals surface area (Å²) in [6.07, 6.45) is 6.17. The first-order chi connectivity index (χ1) is 4.88. The van der Waals surface area contributed by atoms with Crippen LogP contribution in [0.4, 0.5) is 0 Å². The standard InChI is InChI=1S/C8H14OS/c9-5-8(6-10)7-3-1-2-4-7/h5,7-8,10H,1-4,6H2. The normalized spacial score (nSPS) is 22.9. The van der Waals surface area contributed by atoms with E-state index in [1.807, 2.05) is 0 Å². The van der Waals surface area contributed by atoms with Gasteiger partial charge in [-0.1, -0.05) is 12.8 Å². The first kappa shape index (κ1) is 8.12. The molecule has 0 radical (unpaired) electrons. The zero-order valence-electron chi connectivity index (χ0n) is 6.12. The van der Waals surface area contributed by atoms with Crippen LogP contribution in [0.25, 0.3) is 0 Å². The second kappa shape index (κ2) is 4.02. The van der Waals surface area contributed by atoms with E-state index in [4.69, 9.17) is 0 Å². The topological polar surface area (TPSA) is 17.1 Å². The number of aldehydes is 1. The number of thiol groups is 1. The van der Waals surface area contributed by atoms with Gasteiger partial charge in [-0.2, -0.15) is 12.6 Å². The molecule has 0 aromatic rings. The van der Waals surface area contributed by atoms with Gasteiger partial charge < -0.3 is 4.79 Å². The molecule has 0 aliphatic heterocycles. The lowest BCUT2D eigenvalue weighted by Gasteiger charge is -2.13. The van der Waals surface area contributed by atoms with E-state index in [2.05, 4.69) is 12.6 Å². The van der Waals surface area contributed by atoms with Gasteiger partial charge in [-0.05, 0) is 24.5 Å². The van der Waals surface area contributed by atoms with Crippen LogP contribution in [0, 0.1) is 11.8 Å². The van der Waals surface area contributed by atoms with Crippen molar-refractivity contribution >= 4 is 18.9 Å². The molecule has 1 aliphatic carbocycles. The highest BCUT2D eigenvalue weighted by molar-refractivity contribution is 7.80. The van der Waals surface area contributed by atoms with Gasteiger partial charge in [0.15, 0.2) is 0 Å². The molecule has 1 unspecified atom stereocenters. The van der Waals surface area contributed by atoms with Crippen LogP contribution in [0.5, 0.6) is 0 Å². The Morgan fingerprint density at radius 2 is 2.10 bits per heavy atom. The number of hydrogen-bond donors (Lipinski definition) is 1. The van der Waals surface area contributed by atoms with Gasteiger partial charge in [-0.25, -0.2) is 0 Å². The van der Waals surface area contributed by atoms with Crippen molar-refractivity contribution in [3.63, 3.8) is 0 Å². The third kappa shape index (κ3) is 1.75. The van der Waals surface area contributed by atoms with Crippen LogP contribution in [0.2, 0.25) is 0 Å². The molecule has 0 heterocycles. The summed E-state index contributed by atoms with van der Waals surface area (Å²) in [5.74, 6) is 1.61. The summed E-state index contributed by atoms with van der Waals surface area (Å²) in [6, 6.07) is 0. The van der Waals surface area contributed by atoms with Crippen molar-refractivity contribution in [1.82, 2.24) is 0 Å². The molecule has 0 N–H and O–H groups in total. The Bertz CT molecular complexity index is 108. The van der Waals surface area contributed by atoms with Crippen LogP contribution < -0.4 is 0 Å². The Morgan fingerprint density at radius 3 is 2.50 bits per heavy atom. The van der Waals surface area contributed by atoms with Gasteiger partial charge in [-0.15, -0.1) is 0 Å². The van der Waals surface area contributed by atoms with Crippen LogP contribution in [0.15, 0.2) is 0 Å². The first-order valence-corrected chi connectivity index (χ1v) is 4.58. The van der Waals surface area contributed by atoms with Crippen molar-refractivity contribution in [3.8, 4) is 0 Å². The molecule has 1 nitrogen and oxygen atoms in total. The van der Waals surface area contributed by atoms with Crippen LogP contribution in [0.1, 0.15) is 25.7 Å². The summed E-state index contributed by atoms with van der Waals surface area (Å²) in [6.45, 7) is 0. The number of carbonyl (C=O) groups excluding carboxylic acids is 1. The van der Waals surface area contributed by atoms with Crippen molar-refractivity contribution in [2.75, 3.05) is 5.75 Å². The van der Waals surface area contributed by atoms with Gasteiger partial charge >= 0.3 is 0 Å². The summed E-state index contributed by atoms with van der Waals surface area (Å²) in [5.41, 5.74) is 0. The van der Waals surface area contributed by atoms with E-state index >= 15 is 0 Å². The van der Waals surface area contributed by atoms with E-state index in [1.54, 1.807) is 0 Å². The van der Waals surface area contributed by atoms with Crippen LogP contribution in [0.3, 0.4) is 0 Å². The number of rotatable bonds is 3. The summed E-state index contributed by atoms with van der Waals surface area (Å²) in [4.78, 5) is 10.5. The van der Waals surface area contributed by atoms with E-state index in [0.717, 1.165) is 12.0 Å². The van der Waals surface area contributed by atoms with Gasteiger partial charge in [0.2, 0.25) is 0 Å². The van der Waals surface area contributed by atoms with Crippen molar-refractivity contribution in [3.05, 3.63) is 0 Å². The average Bonchev–Trinajstić information content (AvgIpc) is 2.43. The van der Waals surface area contributed by atoms with E-state index in [1.165, 1.54) is 25.7 Å². The molecule has 0 amide bonds. The largest absolute Gasteiger partial charge is 0.303 e. The van der Waals surface area contributed by atoms with Crippen molar-refractivity contribution in [1.29, 1.82) is 0 Å². The van der Waals surface area contributed by atoms with Gasteiger partial charge in [0.25, 0.3) is 0 Å². The van der Waals surface area contributed by atoms with Crippen molar-refractivity contribution in [2.45, 2.75) is 25.7 Å². The second-order valence-corrected chi connectivity index (χ2v) is 3.39. The molecule has 2 heteroatoms. The van der Waals surface area contributed by atoms with Gasteiger partial charge in [-0.3, -0.25) is 0 Å². The fourth-order valence-corrected chi connectivity index (χ4v) is 2.07. The molecule has 0 aromatic heterocycles. The van der Waals surface area contributed by atoms with Crippen LogP contribution in [-0.2, 0) is 4.79 Å². The molecule has 1 saturated carbocycles. The van der Waals surface area contributed by atoms with E-state index < -0.39 is 0 Å². The minimum atomic E-state index is 0.228. The lowest BCUT2D eigenvalue weighted by Crippen LogP contribution is -2.14. The SMILES string of the molecule is O=CC(CS)C1CCCC1. The highest BCUT2D eigenvalue weighted by atomic mass is 32.1. The number of carbonyl (C=O) groups is 1. The molecule has 0 aromatic carbocycles. The van der Waals surface area contributed by atoms with Crippen molar-refractivity contribution < 1.29 is 4.79 Å². The zero-order valence-corrected chi connectivity index (χ0v) is 7.02. The average molecular weight is 158 g/mol. The summed E-state index contributed by atoms with van der Waals surface area (Å²) < 4.78 is 0. The maximum absolute atomic E-state index is 10.5. The Labute approximate surface area is 67.6 Å². The van der Waals surface area contributed by atoms with Crippen molar-refractivity contribution in [2.24, 2.45) is 11.8 Å². The quantitative estimate of drug-likeness (QED) is 0.490. The maximum Gasteiger partial charge on any atom is 0.124 e. The third-order valence-corrected chi connectivity index (χ3v) is 2.81. The first-order valence-electron chi connectivity index (χ1n) is 3.94. The molecule has 0 saturated heterocycles. The third-order valence-electron chi connectivity index (χ3n) is 2.39. The predicted octanol–water partition coefficient (Wildman–Crippen LogP) is 1.92. The summed E-state index contributed by atoms with van der Waals surface area (Å²) in [5, 5.41) is 0.